The minimum absolute atomic E-state index is 0.0870. The summed E-state index contributed by atoms with van der Waals surface area (Å²) in [6.07, 6.45) is 1.86. The monoisotopic (exact) mass is 453 g/mol. The fraction of sp³-hybridized carbons (Fsp3) is 0. The molecule has 0 bridgehead atoms. The zero-order valence-corrected chi connectivity index (χ0v) is 15.9. The van der Waals surface area contributed by atoms with E-state index in [1.165, 1.54) is 11.8 Å². The number of carbonyl (C=O) groups is 1. The molecule has 0 atom stereocenters. The van der Waals surface area contributed by atoms with Gasteiger partial charge in [0.2, 0.25) is 0 Å². The first-order valence-electron chi connectivity index (χ1n) is 6.34. The number of thiocarbonyl (C=S) groups is 1. The first kappa shape index (κ1) is 15.9. The Balaban J connectivity index is 1.93. The summed E-state index contributed by atoms with van der Waals surface area (Å²) in [5.74, 6) is -0.0870. The van der Waals surface area contributed by atoms with Crippen molar-refractivity contribution in [1.82, 2.24) is 0 Å². The summed E-state index contributed by atoms with van der Waals surface area (Å²) in [6, 6.07) is 15.4. The van der Waals surface area contributed by atoms with Gasteiger partial charge < -0.3 is 0 Å². The summed E-state index contributed by atoms with van der Waals surface area (Å²) in [6.45, 7) is 0. The molecule has 1 aliphatic rings. The van der Waals surface area contributed by atoms with Crippen LogP contribution < -0.4 is 4.90 Å². The Hall–Kier alpha value is -0.950. The molecule has 0 aliphatic carbocycles. The van der Waals surface area contributed by atoms with E-state index in [4.69, 9.17) is 12.2 Å². The van der Waals surface area contributed by atoms with E-state index in [2.05, 4.69) is 31.9 Å². The largest absolute Gasteiger partial charge is 0.270 e. The Morgan fingerprint density at radius 2 is 1.77 bits per heavy atom. The predicted octanol–water partition coefficient (Wildman–Crippen LogP) is 5.62. The molecule has 2 aromatic rings. The topological polar surface area (TPSA) is 20.3 Å². The maximum absolute atomic E-state index is 12.6. The number of benzene rings is 2. The third-order valence-electron chi connectivity index (χ3n) is 3.03. The zero-order chi connectivity index (χ0) is 15.7. The minimum Gasteiger partial charge on any atom is -0.268 e. The highest BCUT2D eigenvalue weighted by atomic mass is 79.9. The fourth-order valence-electron chi connectivity index (χ4n) is 2.02. The van der Waals surface area contributed by atoms with Gasteiger partial charge >= 0.3 is 0 Å². The minimum atomic E-state index is -0.0870. The van der Waals surface area contributed by atoms with Crippen LogP contribution in [0, 0.1) is 0 Å². The number of carbonyl (C=O) groups excluding carboxylic acids is 1. The molecule has 0 saturated carbocycles. The van der Waals surface area contributed by atoms with E-state index >= 15 is 0 Å². The van der Waals surface area contributed by atoms with Crippen LogP contribution in [-0.4, -0.2) is 10.2 Å². The van der Waals surface area contributed by atoms with Crippen LogP contribution in [0.15, 0.2) is 62.4 Å². The van der Waals surface area contributed by atoms with Gasteiger partial charge in [0.05, 0.1) is 10.6 Å². The SMILES string of the molecule is O=C1/C(=C/c2ccc(Br)cc2)SC(=S)N1c1cccc(Br)c1. The number of hydrogen-bond acceptors (Lipinski definition) is 3. The van der Waals surface area contributed by atoms with E-state index in [1.807, 2.05) is 54.6 Å². The third kappa shape index (κ3) is 3.35. The van der Waals surface area contributed by atoms with Crippen LogP contribution in [0.1, 0.15) is 5.56 Å². The van der Waals surface area contributed by atoms with Crippen LogP contribution in [0.25, 0.3) is 6.08 Å². The molecule has 2 aromatic carbocycles. The van der Waals surface area contributed by atoms with E-state index in [-0.39, 0.29) is 5.91 Å². The summed E-state index contributed by atoms with van der Waals surface area (Å²) in [5.41, 5.74) is 1.74. The van der Waals surface area contributed by atoms with Gasteiger partial charge in [-0.2, -0.15) is 0 Å². The average Bonchev–Trinajstić information content (AvgIpc) is 2.76. The fourth-order valence-corrected chi connectivity index (χ4v) is 3.97. The Bertz CT molecular complexity index is 787. The van der Waals surface area contributed by atoms with Crippen LogP contribution in [0.2, 0.25) is 0 Å². The van der Waals surface area contributed by atoms with E-state index in [1.54, 1.807) is 4.90 Å². The molecule has 0 aromatic heterocycles. The molecule has 3 rings (SSSR count). The molecule has 110 valence electrons. The molecule has 6 heteroatoms. The van der Waals surface area contributed by atoms with Crippen molar-refractivity contribution in [3.8, 4) is 0 Å². The van der Waals surface area contributed by atoms with Crippen LogP contribution in [-0.2, 0) is 4.79 Å². The summed E-state index contributed by atoms with van der Waals surface area (Å²) in [5, 5.41) is 0. The lowest BCUT2D eigenvalue weighted by molar-refractivity contribution is -0.113. The number of rotatable bonds is 2. The van der Waals surface area contributed by atoms with Crippen molar-refractivity contribution in [3.05, 3.63) is 67.9 Å². The molecule has 1 heterocycles. The van der Waals surface area contributed by atoms with Gasteiger partial charge in [0.15, 0.2) is 4.32 Å². The van der Waals surface area contributed by atoms with Crippen molar-refractivity contribution < 1.29 is 4.79 Å². The van der Waals surface area contributed by atoms with Crippen molar-refractivity contribution in [1.29, 1.82) is 0 Å². The highest BCUT2D eigenvalue weighted by molar-refractivity contribution is 9.10. The van der Waals surface area contributed by atoms with Gasteiger partial charge in [-0.1, -0.05) is 74.0 Å². The van der Waals surface area contributed by atoms with Crippen LogP contribution in [0.5, 0.6) is 0 Å². The number of anilines is 1. The quantitative estimate of drug-likeness (QED) is 0.434. The molecule has 0 N–H and O–H groups in total. The molecule has 0 radical (unpaired) electrons. The van der Waals surface area contributed by atoms with E-state index in [9.17, 15) is 4.79 Å². The van der Waals surface area contributed by atoms with E-state index in [0.29, 0.717) is 9.23 Å². The lowest BCUT2D eigenvalue weighted by Crippen LogP contribution is -2.27. The average molecular weight is 455 g/mol. The maximum Gasteiger partial charge on any atom is 0.270 e. The van der Waals surface area contributed by atoms with Gasteiger partial charge in [0, 0.05) is 8.95 Å². The summed E-state index contributed by atoms with van der Waals surface area (Å²) >= 11 is 13.5. The Morgan fingerprint density at radius 3 is 2.45 bits per heavy atom. The molecule has 1 fully saturated rings. The first-order valence-corrected chi connectivity index (χ1v) is 9.15. The Morgan fingerprint density at radius 1 is 1.05 bits per heavy atom. The number of thioether (sulfide) groups is 1. The van der Waals surface area contributed by atoms with Gasteiger partial charge in [0.25, 0.3) is 5.91 Å². The van der Waals surface area contributed by atoms with Crippen molar-refractivity contribution in [2.75, 3.05) is 4.90 Å². The highest BCUT2D eigenvalue weighted by Gasteiger charge is 2.33. The molecule has 1 saturated heterocycles. The number of hydrogen-bond donors (Lipinski definition) is 0. The molecule has 1 aliphatic heterocycles. The molecular weight excluding hydrogens is 446 g/mol. The smallest absolute Gasteiger partial charge is 0.268 e. The zero-order valence-electron chi connectivity index (χ0n) is 11.1. The predicted molar refractivity (Wildman–Crippen MR) is 104 cm³/mol. The van der Waals surface area contributed by atoms with Gasteiger partial charge in [-0.25, -0.2) is 0 Å². The molecule has 2 nitrogen and oxygen atoms in total. The van der Waals surface area contributed by atoms with E-state index < -0.39 is 0 Å². The molecule has 0 spiro atoms. The van der Waals surface area contributed by atoms with Crippen molar-refractivity contribution >= 4 is 77.8 Å². The van der Waals surface area contributed by atoms with Gasteiger partial charge in [-0.05, 0) is 42.0 Å². The van der Waals surface area contributed by atoms with Gasteiger partial charge in [-0.3, -0.25) is 9.69 Å². The number of halogens is 2. The molecule has 1 amide bonds. The first-order chi connectivity index (χ1) is 10.5. The summed E-state index contributed by atoms with van der Waals surface area (Å²) in [7, 11) is 0. The summed E-state index contributed by atoms with van der Waals surface area (Å²) < 4.78 is 2.47. The summed E-state index contributed by atoms with van der Waals surface area (Å²) in [4.78, 5) is 14.8. The van der Waals surface area contributed by atoms with Crippen molar-refractivity contribution in [3.63, 3.8) is 0 Å². The molecule has 0 unspecified atom stereocenters. The molecule has 22 heavy (non-hydrogen) atoms. The lowest BCUT2D eigenvalue weighted by Gasteiger charge is -2.14. The van der Waals surface area contributed by atoms with Crippen LogP contribution in [0.3, 0.4) is 0 Å². The second-order valence-electron chi connectivity index (χ2n) is 4.55. The Kier molecular flexibility index (Phi) is 4.82. The normalized spacial score (nSPS) is 16.6. The Labute approximate surface area is 154 Å². The second kappa shape index (κ2) is 6.66. The van der Waals surface area contributed by atoms with Crippen molar-refractivity contribution in [2.45, 2.75) is 0 Å². The van der Waals surface area contributed by atoms with Gasteiger partial charge in [0.1, 0.15) is 0 Å². The number of nitrogens with zero attached hydrogens (tertiary/aromatic N) is 1. The second-order valence-corrected chi connectivity index (χ2v) is 8.06. The standard InChI is InChI=1S/C16H9Br2NOS2/c17-11-6-4-10(5-7-11)8-14-15(20)19(16(21)22-14)13-3-1-2-12(18)9-13/h1-9H/b14-8-. The van der Waals surface area contributed by atoms with Crippen molar-refractivity contribution in [2.24, 2.45) is 0 Å². The van der Waals surface area contributed by atoms with Crippen LogP contribution >= 0.6 is 55.8 Å². The number of amides is 1. The van der Waals surface area contributed by atoms with Gasteiger partial charge in [-0.15, -0.1) is 0 Å². The van der Waals surface area contributed by atoms with E-state index in [0.717, 1.165) is 20.2 Å². The van der Waals surface area contributed by atoms with Crippen LogP contribution in [0.4, 0.5) is 5.69 Å². The molecular formula is C16H9Br2NOS2. The lowest BCUT2D eigenvalue weighted by atomic mass is 10.2. The third-order valence-corrected chi connectivity index (χ3v) is 5.35. The highest BCUT2D eigenvalue weighted by Crippen LogP contribution is 2.36. The maximum atomic E-state index is 12.6.